The molecule has 0 amide bonds. The molecule has 0 radical (unpaired) electrons. The summed E-state index contributed by atoms with van der Waals surface area (Å²) in [5, 5.41) is 9.44. The van der Waals surface area contributed by atoms with Crippen molar-refractivity contribution in [1.29, 1.82) is 0 Å². The minimum absolute atomic E-state index is 0.0992. The van der Waals surface area contributed by atoms with E-state index in [2.05, 4.69) is 31.8 Å². The van der Waals surface area contributed by atoms with E-state index in [0.717, 1.165) is 35.3 Å². The van der Waals surface area contributed by atoms with Crippen LogP contribution >= 0.6 is 11.8 Å². The molecule has 0 aliphatic carbocycles. The summed E-state index contributed by atoms with van der Waals surface area (Å²) in [7, 11) is 0. The number of anilines is 1. The van der Waals surface area contributed by atoms with Crippen LogP contribution in [0.5, 0.6) is 0 Å². The molecule has 1 saturated heterocycles. The van der Waals surface area contributed by atoms with Crippen molar-refractivity contribution in [3.63, 3.8) is 0 Å². The van der Waals surface area contributed by atoms with Gasteiger partial charge in [0.25, 0.3) is 0 Å². The van der Waals surface area contributed by atoms with Crippen LogP contribution in [0.15, 0.2) is 59.8 Å². The Balaban J connectivity index is 1.59. The predicted octanol–water partition coefficient (Wildman–Crippen LogP) is 3.83. The van der Waals surface area contributed by atoms with Gasteiger partial charge in [-0.25, -0.2) is 0 Å². The lowest BCUT2D eigenvalue weighted by atomic mass is 10.1. The Kier molecular flexibility index (Phi) is 6.50. The van der Waals surface area contributed by atoms with Gasteiger partial charge < -0.3 is 9.64 Å². The van der Waals surface area contributed by atoms with Crippen LogP contribution in [0.1, 0.15) is 28.4 Å². The van der Waals surface area contributed by atoms with Crippen LogP contribution in [0, 0.1) is 6.92 Å². The summed E-state index contributed by atoms with van der Waals surface area (Å²) >= 11 is 1.46. The smallest absolute Gasteiger partial charge is 0.228 e. The first-order valence-corrected chi connectivity index (χ1v) is 11.1. The minimum atomic E-state index is -0.260. The van der Waals surface area contributed by atoms with Crippen molar-refractivity contribution in [3.8, 4) is 0 Å². The minimum Gasteiger partial charge on any atom is -0.378 e. The first-order chi connectivity index (χ1) is 14.6. The number of ketones is 1. The standard InChI is InChI=1S/C23H26N4O2S/c1-17-8-10-20(11-9-17)21(28)18(2)30-23-25-24-22(26-12-14-29-15-13-26)27(23)16-19-6-4-3-5-7-19/h3-11,18H,12-16H2,1-2H3/t18-/m0/s1. The number of Topliss-reactive ketones (excluding diaryl/α,β-unsaturated/α-hetero) is 1. The fraction of sp³-hybridized carbons (Fsp3) is 0.348. The molecule has 1 fully saturated rings. The summed E-state index contributed by atoms with van der Waals surface area (Å²) in [6, 6.07) is 18.0. The molecule has 0 saturated carbocycles. The van der Waals surface area contributed by atoms with Crippen molar-refractivity contribution < 1.29 is 9.53 Å². The SMILES string of the molecule is Cc1ccc(C(=O)[C@H](C)Sc2nnc(N3CCOCC3)n2Cc2ccccc2)cc1. The average Bonchev–Trinajstić information content (AvgIpc) is 3.17. The summed E-state index contributed by atoms with van der Waals surface area (Å²) in [5.74, 6) is 0.932. The van der Waals surface area contributed by atoms with E-state index in [1.165, 1.54) is 17.3 Å². The summed E-state index contributed by atoms with van der Waals surface area (Å²) < 4.78 is 7.61. The summed E-state index contributed by atoms with van der Waals surface area (Å²) in [4.78, 5) is 15.1. The number of aryl methyl sites for hydroxylation is 1. The van der Waals surface area contributed by atoms with Gasteiger partial charge in [-0.05, 0) is 19.4 Å². The number of morpholine rings is 1. The van der Waals surface area contributed by atoms with Crippen molar-refractivity contribution in [1.82, 2.24) is 14.8 Å². The molecule has 1 aliphatic rings. The van der Waals surface area contributed by atoms with Crippen LogP contribution in [-0.4, -0.2) is 52.1 Å². The molecule has 1 aromatic heterocycles. The van der Waals surface area contributed by atoms with E-state index >= 15 is 0 Å². The van der Waals surface area contributed by atoms with Gasteiger partial charge in [-0.3, -0.25) is 9.36 Å². The van der Waals surface area contributed by atoms with Crippen molar-refractivity contribution in [2.75, 3.05) is 31.2 Å². The molecule has 6 nitrogen and oxygen atoms in total. The van der Waals surface area contributed by atoms with Gasteiger partial charge in [-0.15, -0.1) is 10.2 Å². The molecule has 4 rings (SSSR count). The van der Waals surface area contributed by atoms with Gasteiger partial charge in [0, 0.05) is 18.7 Å². The average molecular weight is 423 g/mol. The number of aromatic nitrogens is 3. The molecule has 0 N–H and O–H groups in total. The molecule has 0 spiro atoms. The Labute approximate surface area is 181 Å². The highest BCUT2D eigenvalue weighted by Gasteiger charge is 2.24. The molecule has 156 valence electrons. The lowest BCUT2D eigenvalue weighted by molar-refractivity contribution is 0.0994. The second-order valence-corrected chi connectivity index (χ2v) is 8.75. The van der Waals surface area contributed by atoms with E-state index in [1.54, 1.807) is 0 Å². The van der Waals surface area contributed by atoms with Gasteiger partial charge in [-0.2, -0.15) is 0 Å². The number of hydrogen-bond acceptors (Lipinski definition) is 6. The summed E-state index contributed by atoms with van der Waals surface area (Å²) in [6.07, 6.45) is 0. The molecule has 0 unspecified atom stereocenters. The highest BCUT2D eigenvalue weighted by atomic mass is 32.2. The third kappa shape index (κ3) is 4.74. The van der Waals surface area contributed by atoms with Gasteiger partial charge in [0.1, 0.15) is 0 Å². The summed E-state index contributed by atoms with van der Waals surface area (Å²) in [6.45, 7) is 7.56. The number of nitrogens with zero attached hydrogens (tertiary/aromatic N) is 4. The summed E-state index contributed by atoms with van der Waals surface area (Å²) in [5.41, 5.74) is 3.04. The van der Waals surface area contributed by atoms with Gasteiger partial charge in [0.05, 0.1) is 25.0 Å². The zero-order valence-corrected chi connectivity index (χ0v) is 18.1. The number of hydrogen-bond donors (Lipinski definition) is 0. The van der Waals surface area contributed by atoms with Crippen LogP contribution in [0.25, 0.3) is 0 Å². The van der Waals surface area contributed by atoms with Crippen molar-refractivity contribution in [2.45, 2.75) is 30.8 Å². The molecule has 2 heterocycles. The Hall–Kier alpha value is -2.64. The fourth-order valence-electron chi connectivity index (χ4n) is 3.43. The number of benzene rings is 2. The Morgan fingerprint density at radius 3 is 2.47 bits per heavy atom. The third-order valence-electron chi connectivity index (χ3n) is 5.16. The maximum absolute atomic E-state index is 12.9. The van der Waals surface area contributed by atoms with E-state index in [0.29, 0.717) is 19.8 Å². The fourth-order valence-corrected chi connectivity index (χ4v) is 4.35. The van der Waals surface area contributed by atoms with Crippen LogP contribution in [0.4, 0.5) is 5.95 Å². The van der Waals surface area contributed by atoms with Gasteiger partial charge >= 0.3 is 0 Å². The van der Waals surface area contributed by atoms with Crippen molar-refractivity contribution >= 4 is 23.5 Å². The zero-order valence-electron chi connectivity index (χ0n) is 17.3. The van der Waals surface area contributed by atoms with Crippen LogP contribution < -0.4 is 4.90 Å². The number of thioether (sulfide) groups is 1. The molecule has 7 heteroatoms. The molecule has 0 bridgehead atoms. The van der Waals surface area contributed by atoms with Crippen molar-refractivity contribution in [2.24, 2.45) is 0 Å². The zero-order chi connectivity index (χ0) is 20.9. The highest BCUT2D eigenvalue weighted by Crippen LogP contribution is 2.28. The molecular weight excluding hydrogens is 396 g/mol. The highest BCUT2D eigenvalue weighted by molar-refractivity contribution is 8.00. The monoisotopic (exact) mass is 422 g/mol. The largest absolute Gasteiger partial charge is 0.378 e. The van der Waals surface area contributed by atoms with E-state index < -0.39 is 0 Å². The molecule has 1 aliphatic heterocycles. The quantitative estimate of drug-likeness (QED) is 0.426. The number of carbonyl (C=O) groups is 1. The molecule has 3 aromatic rings. The van der Waals surface area contributed by atoms with E-state index in [-0.39, 0.29) is 11.0 Å². The normalized spacial score (nSPS) is 15.2. The Bertz CT molecular complexity index is 982. The number of carbonyl (C=O) groups excluding carboxylic acids is 1. The second kappa shape index (κ2) is 9.45. The second-order valence-electron chi connectivity index (χ2n) is 7.44. The first kappa shape index (κ1) is 20.6. The first-order valence-electron chi connectivity index (χ1n) is 10.2. The van der Waals surface area contributed by atoms with Gasteiger partial charge in [0.2, 0.25) is 5.95 Å². The van der Waals surface area contributed by atoms with E-state index in [1.807, 2.05) is 56.3 Å². The Morgan fingerprint density at radius 1 is 1.07 bits per heavy atom. The van der Waals surface area contributed by atoms with E-state index in [9.17, 15) is 4.79 Å². The molecule has 1 atom stereocenters. The number of ether oxygens (including phenoxy) is 1. The third-order valence-corrected chi connectivity index (χ3v) is 6.24. The lowest BCUT2D eigenvalue weighted by Crippen LogP contribution is -2.38. The molecule has 2 aromatic carbocycles. The predicted molar refractivity (Wildman–Crippen MR) is 119 cm³/mol. The topological polar surface area (TPSA) is 60.3 Å². The maximum Gasteiger partial charge on any atom is 0.228 e. The Morgan fingerprint density at radius 2 is 1.77 bits per heavy atom. The van der Waals surface area contributed by atoms with Crippen LogP contribution in [-0.2, 0) is 11.3 Å². The number of rotatable bonds is 7. The van der Waals surface area contributed by atoms with E-state index in [4.69, 9.17) is 4.74 Å². The van der Waals surface area contributed by atoms with Crippen LogP contribution in [0.3, 0.4) is 0 Å². The molecule has 30 heavy (non-hydrogen) atoms. The van der Waals surface area contributed by atoms with Gasteiger partial charge in [-0.1, -0.05) is 71.9 Å². The maximum atomic E-state index is 12.9. The van der Waals surface area contributed by atoms with Crippen LogP contribution in [0.2, 0.25) is 0 Å². The van der Waals surface area contributed by atoms with Gasteiger partial charge in [0.15, 0.2) is 10.9 Å². The van der Waals surface area contributed by atoms with Crippen molar-refractivity contribution in [3.05, 3.63) is 71.3 Å². The molecular formula is C23H26N4O2S. The lowest BCUT2D eigenvalue weighted by Gasteiger charge is -2.28.